The Labute approximate surface area is 185 Å². The molecule has 3 rings (SSSR count). The molecule has 0 amide bonds. The number of nitriles is 1. The Morgan fingerprint density at radius 2 is 1.52 bits per heavy atom. The number of ether oxygens (including phenoxy) is 5. The summed E-state index contributed by atoms with van der Waals surface area (Å²) in [6.07, 6.45) is 1.74. The molecule has 0 bridgehead atoms. The van der Waals surface area contributed by atoms with Crippen LogP contribution in [0.5, 0.6) is 28.7 Å². The maximum absolute atomic E-state index is 9.75. The van der Waals surface area contributed by atoms with Crippen LogP contribution in [0, 0.1) is 11.3 Å². The van der Waals surface area contributed by atoms with Crippen LogP contribution in [0.4, 0.5) is 0 Å². The van der Waals surface area contributed by atoms with Gasteiger partial charge in [-0.2, -0.15) is 5.26 Å². The van der Waals surface area contributed by atoms with Crippen LogP contribution in [0.1, 0.15) is 10.6 Å². The normalized spacial score (nSPS) is 10.9. The Balaban J connectivity index is 1.99. The van der Waals surface area contributed by atoms with Crippen LogP contribution in [0.3, 0.4) is 0 Å². The summed E-state index contributed by atoms with van der Waals surface area (Å²) in [4.78, 5) is 4.64. The Morgan fingerprint density at radius 1 is 0.871 bits per heavy atom. The standard InChI is InChI=1S/C23H22N2O5S/c1-26-18-7-6-15(11-19(18)27-2)17-13-31-23(25-17)16(12-24)8-14-9-20(28-3)22(30-5)21(10-14)29-4/h6-11,13H,1-5H3/b16-8+. The van der Waals surface area contributed by atoms with E-state index in [0.29, 0.717) is 39.3 Å². The maximum Gasteiger partial charge on any atom is 0.203 e. The van der Waals surface area contributed by atoms with Crippen molar-refractivity contribution in [1.29, 1.82) is 5.26 Å². The summed E-state index contributed by atoms with van der Waals surface area (Å²) in [5.74, 6) is 2.77. The average molecular weight is 439 g/mol. The third-order valence-corrected chi connectivity index (χ3v) is 5.41. The summed E-state index contributed by atoms with van der Waals surface area (Å²) in [5.41, 5.74) is 2.76. The van der Waals surface area contributed by atoms with Gasteiger partial charge in [0.2, 0.25) is 5.75 Å². The summed E-state index contributed by atoms with van der Waals surface area (Å²) in [7, 11) is 7.81. The van der Waals surface area contributed by atoms with E-state index in [0.717, 1.165) is 16.8 Å². The number of benzene rings is 2. The van der Waals surface area contributed by atoms with Crippen molar-refractivity contribution in [1.82, 2.24) is 4.98 Å². The van der Waals surface area contributed by atoms with Crippen LogP contribution in [-0.4, -0.2) is 40.5 Å². The van der Waals surface area contributed by atoms with Crippen molar-refractivity contribution in [3.63, 3.8) is 0 Å². The monoisotopic (exact) mass is 438 g/mol. The molecular formula is C23H22N2O5S. The Hall–Kier alpha value is -3.70. The quantitative estimate of drug-likeness (QED) is 0.462. The lowest BCUT2D eigenvalue weighted by molar-refractivity contribution is 0.324. The topological polar surface area (TPSA) is 82.8 Å². The molecule has 31 heavy (non-hydrogen) atoms. The highest BCUT2D eigenvalue weighted by atomic mass is 32.1. The fourth-order valence-electron chi connectivity index (χ4n) is 3.02. The predicted octanol–water partition coefficient (Wildman–Crippen LogP) is 4.92. The van der Waals surface area contributed by atoms with Gasteiger partial charge in [0.1, 0.15) is 11.1 Å². The largest absolute Gasteiger partial charge is 0.493 e. The number of rotatable bonds is 8. The van der Waals surface area contributed by atoms with Crippen LogP contribution in [0.2, 0.25) is 0 Å². The molecule has 0 aliphatic rings. The highest BCUT2D eigenvalue weighted by Gasteiger charge is 2.15. The maximum atomic E-state index is 9.75. The van der Waals surface area contributed by atoms with Crippen LogP contribution >= 0.6 is 11.3 Å². The first kappa shape index (κ1) is 22.0. The molecular weight excluding hydrogens is 416 g/mol. The molecule has 0 aliphatic heterocycles. The number of thiazole rings is 1. The van der Waals surface area contributed by atoms with Crippen molar-refractivity contribution < 1.29 is 23.7 Å². The first-order valence-electron chi connectivity index (χ1n) is 9.18. The molecule has 0 unspecified atom stereocenters. The summed E-state index contributed by atoms with van der Waals surface area (Å²) in [6.45, 7) is 0. The first-order valence-corrected chi connectivity index (χ1v) is 10.1. The van der Waals surface area contributed by atoms with Crippen LogP contribution in [0.25, 0.3) is 22.9 Å². The van der Waals surface area contributed by atoms with Gasteiger partial charge in [0.15, 0.2) is 23.0 Å². The molecule has 0 aliphatic carbocycles. The van der Waals surface area contributed by atoms with Crippen LogP contribution < -0.4 is 23.7 Å². The molecule has 0 atom stereocenters. The van der Waals surface area contributed by atoms with Crippen molar-refractivity contribution in [2.75, 3.05) is 35.5 Å². The molecule has 0 N–H and O–H groups in total. The van der Waals surface area contributed by atoms with Crippen molar-refractivity contribution in [2.24, 2.45) is 0 Å². The van der Waals surface area contributed by atoms with Crippen molar-refractivity contribution in [2.45, 2.75) is 0 Å². The second-order valence-electron chi connectivity index (χ2n) is 6.24. The minimum Gasteiger partial charge on any atom is -0.493 e. The van der Waals surface area contributed by atoms with E-state index in [1.165, 1.54) is 11.3 Å². The van der Waals surface area contributed by atoms with Gasteiger partial charge in [0.25, 0.3) is 0 Å². The summed E-state index contributed by atoms with van der Waals surface area (Å²) < 4.78 is 26.8. The Morgan fingerprint density at radius 3 is 2.06 bits per heavy atom. The van der Waals surface area contributed by atoms with E-state index >= 15 is 0 Å². The zero-order valence-corrected chi connectivity index (χ0v) is 18.7. The second kappa shape index (κ2) is 9.87. The van der Waals surface area contributed by atoms with E-state index in [4.69, 9.17) is 23.7 Å². The molecule has 0 fully saturated rings. The van der Waals surface area contributed by atoms with E-state index in [9.17, 15) is 5.26 Å². The number of allylic oxidation sites excluding steroid dienone is 1. The SMILES string of the molecule is COc1ccc(-c2csc(/C(C#N)=C/c3cc(OC)c(OC)c(OC)c3)n2)cc1OC. The highest BCUT2D eigenvalue weighted by Crippen LogP contribution is 2.39. The smallest absolute Gasteiger partial charge is 0.203 e. The van der Waals surface area contributed by atoms with Gasteiger partial charge < -0.3 is 23.7 Å². The molecule has 0 saturated heterocycles. The predicted molar refractivity (Wildman–Crippen MR) is 120 cm³/mol. The van der Waals surface area contributed by atoms with Gasteiger partial charge in [0, 0.05) is 10.9 Å². The molecule has 1 heterocycles. The van der Waals surface area contributed by atoms with Gasteiger partial charge in [-0.15, -0.1) is 11.3 Å². The molecule has 1 aromatic heterocycles. The molecule has 0 spiro atoms. The molecule has 8 heteroatoms. The fraction of sp³-hybridized carbons (Fsp3) is 0.217. The van der Waals surface area contributed by atoms with Gasteiger partial charge in [-0.1, -0.05) is 0 Å². The van der Waals surface area contributed by atoms with Crippen molar-refractivity contribution in [3.05, 3.63) is 46.3 Å². The average Bonchev–Trinajstić information content (AvgIpc) is 3.31. The molecule has 3 aromatic rings. The number of hydrogen-bond acceptors (Lipinski definition) is 8. The van der Waals surface area contributed by atoms with Crippen LogP contribution in [-0.2, 0) is 0 Å². The molecule has 2 aromatic carbocycles. The summed E-state index contributed by atoms with van der Waals surface area (Å²) in [6, 6.07) is 11.4. The highest BCUT2D eigenvalue weighted by molar-refractivity contribution is 7.11. The number of methoxy groups -OCH3 is 5. The second-order valence-corrected chi connectivity index (χ2v) is 7.09. The lowest BCUT2D eigenvalue weighted by Gasteiger charge is -2.13. The molecule has 0 radical (unpaired) electrons. The van der Waals surface area contributed by atoms with Crippen LogP contribution in [0.15, 0.2) is 35.7 Å². The van der Waals surface area contributed by atoms with Gasteiger partial charge in [-0.3, -0.25) is 0 Å². The zero-order chi connectivity index (χ0) is 22.4. The van der Waals surface area contributed by atoms with Gasteiger partial charge >= 0.3 is 0 Å². The summed E-state index contributed by atoms with van der Waals surface area (Å²) >= 11 is 1.39. The number of aromatic nitrogens is 1. The van der Waals surface area contributed by atoms with E-state index in [1.54, 1.807) is 53.8 Å². The lowest BCUT2D eigenvalue weighted by atomic mass is 10.1. The van der Waals surface area contributed by atoms with Crippen molar-refractivity contribution >= 4 is 23.0 Å². The number of hydrogen-bond donors (Lipinski definition) is 0. The van der Waals surface area contributed by atoms with E-state index < -0.39 is 0 Å². The van der Waals surface area contributed by atoms with Crippen molar-refractivity contribution in [3.8, 4) is 46.1 Å². The third kappa shape index (κ3) is 4.57. The van der Waals surface area contributed by atoms with E-state index in [-0.39, 0.29) is 0 Å². The van der Waals surface area contributed by atoms with Gasteiger partial charge in [0.05, 0.1) is 46.8 Å². The molecule has 0 saturated carbocycles. The zero-order valence-electron chi connectivity index (χ0n) is 17.9. The molecule has 160 valence electrons. The fourth-order valence-corrected chi connectivity index (χ4v) is 3.81. The minimum absolute atomic E-state index is 0.422. The third-order valence-electron chi connectivity index (χ3n) is 4.53. The minimum atomic E-state index is 0.422. The first-order chi connectivity index (χ1) is 15.1. The molecule has 7 nitrogen and oxygen atoms in total. The summed E-state index contributed by atoms with van der Waals surface area (Å²) in [5, 5.41) is 12.2. The van der Waals surface area contributed by atoms with E-state index in [1.807, 2.05) is 23.6 Å². The Bertz CT molecular complexity index is 1120. The Kier molecular flexibility index (Phi) is 7.00. The van der Waals surface area contributed by atoms with Gasteiger partial charge in [-0.05, 0) is 42.0 Å². The number of nitrogens with zero attached hydrogens (tertiary/aromatic N) is 2. The lowest BCUT2D eigenvalue weighted by Crippen LogP contribution is -1.95. The van der Waals surface area contributed by atoms with E-state index in [2.05, 4.69) is 11.1 Å². The van der Waals surface area contributed by atoms with Gasteiger partial charge in [-0.25, -0.2) is 4.98 Å².